The van der Waals surface area contributed by atoms with E-state index >= 15 is 0 Å². The Kier molecular flexibility index (Phi) is 8.44. The minimum atomic E-state index is -0.0436. The molecule has 0 aliphatic heterocycles. The lowest BCUT2D eigenvalue weighted by Crippen LogP contribution is -2.26. The molecular formula is C31H43F. The first-order chi connectivity index (χ1) is 15.7. The first-order valence-corrected chi connectivity index (χ1v) is 13.5. The number of hydrogen-bond donors (Lipinski definition) is 0. The summed E-state index contributed by atoms with van der Waals surface area (Å²) in [5.41, 5.74) is 2.17. The number of allylic oxidation sites excluding steroid dienone is 1. The maximum absolute atomic E-state index is 14.8. The standard InChI is InChI=1S/C31H43F/c1-3-5-7-28-19-20-29-22-25(14-21-30(29)31(28)32)9-8-24-12-17-27(18-13-24)26-15-10-23(6-4-2)11-16-26/h3,14,19-24,26-27H,1,4-13,15-18H2,2H3. The summed E-state index contributed by atoms with van der Waals surface area (Å²) in [6.07, 6.45) is 20.4. The molecule has 2 aromatic carbocycles. The third-order valence-electron chi connectivity index (χ3n) is 8.70. The fraction of sp³-hybridized carbons (Fsp3) is 0.613. The third kappa shape index (κ3) is 5.83. The summed E-state index contributed by atoms with van der Waals surface area (Å²) in [6, 6.07) is 10.4. The molecule has 174 valence electrons. The highest BCUT2D eigenvalue weighted by molar-refractivity contribution is 5.84. The SMILES string of the molecule is C=CCCc1ccc2cc(CCC3CCC(C4CCC(CCC)CC4)CC3)ccc2c1F. The maximum Gasteiger partial charge on any atom is 0.134 e. The summed E-state index contributed by atoms with van der Waals surface area (Å²) in [4.78, 5) is 0. The zero-order chi connectivity index (χ0) is 22.3. The van der Waals surface area contributed by atoms with Crippen molar-refractivity contribution in [1.82, 2.24) is 0 Å². The van der Waals surface area contributed by atoms with Crippen molar-refractivity contribution >= 4 is 10.8 Å². The van der Waals surface area contributed by atoms with Gasteiger partial charge in [-0.15, -0.1) is 6.58 Å². The smallest absolute Gasteiger partial charge is 0.134 e. The number of halogens is 1. The molecule has 0 amide bonds. The van der Waals surface area contributed by atoms with Crippen LogP contribution in [0.15, 0.2) is 43.0 Å². The van der Waals surface area contributed by atoms with Gasteiger partial charge in [0.15, 0.2) is 0 Å². The van der Waals surface area contributed by atoms with Crippen LogP contribution >= 0.6 is 0 Å². The number of rotatable bonds is 9. The summed E-state index contributed by atoms with van der Waals surface area (Å²) in [5.74, 6) is 3.90. The van der Waals surface area contributed by atoms with Crippen molar-refractivity contribution in [2.45, 2.75) is 96.8 Å². The second-order valence-electron chi connectivity index (χ2n) is 10.8. The Hall–Kier alpha value is -1.63. The molecule has 2 aromatic rings. The van der Waals surface area contributed by atoms with Crippen LogP contribution in [0.2, 0.25) is 0 Å². The molecule has 0 nitrogen and oxygen atoms in total. The monoisotopic (exact) mass is 434 g/mol. The first kappa shape index (κ1) is 23.5. The van der Waals surface area contributed by atoms with E-state index < -0.39 is 0 Å². The Morgan fingerprint density at radius 2 is 1.50 bits per heavy atom. The quantitative estimate of drug-likeness (QED) is 0.345. The Bertz CT molecular complexity index is 865. The van der Waals surface area contributed by atoms with Crippen molar-refractivity contribution in [3.8, 4) is 0 Å². The van der Waals surface area contributed by atoms with Crippen molar-refractivity contribution in [1.29, 1.82) is 0 Å². The molecule has 0 unspecified atom stereocenters. The first-order valence-electron chi connectivity index (χ1n) is 13.5. The van der Waals surface area contributed by atoms with Crippen molar-refractivity contribution < 1.29 is 4.39 Å². The van der Waals surface area contributed by atoms with E-state index in [0.717, 1.165) is 59.3 Å². The zero-order valence-corrected chi connectivity index (χ0v) is 20.3. The largest absolute Gasteiger partial charge is 0.206 e. The van der Waals surface area contributed by atoms with Gasteiger partial charge in [-0.25, -0.2) is 4.39 Å². The van der Waals surface area contributed by atoms with Gasteiger partial charge in [0.2, 0.25) is 0 Å². The summed E-state index contributed by atoms with van der Waals surface area (Å²) in [6.45, 7) is 6.09. The van der Waals surface area contributed by atoms with E-state index in [4.69, 9.17) is 0 Å². The van der Waals surface area contributed by atoms with E-state index in [-0.39, 0.29) is 5.82 Å². The summed E-state index contributed by atoms with van der Waals surface area (Å²) in [5, 5.41) is 1.81. The molecule has 0 spiro atoms. The van der Waals surface area contributed by atoms with Gasteiger partial charge in [0.1, 0.15) is 5.82 Å². The van der Waals surface area contributed by atoms with E-state index in [9.17, 15) is 4.39 Å². The zero-order valence-electron chi connectivity index (χ0n) is 20.3. The van der Waals surface area contributed by atoms with E-state index in [0.29, 0.717) is 0 Å². The topological polar surface area (TPSA) is 0 Å². The van der Waals surface area contributed by atoms with E-state index in [1.807, 2.05) is 18.2 Å². The lowest BCUT2D eigenvalue weighted by atomic mass is 9.68. The molecule has 1 heteroatoms. The van der Waals surface area contributed by atoms with Crippen molar-refractivity contribution in [2.24, 2.45) is 23.7 Å². The predicted octanol–water partition coefficient (Wildman–Crippen LogP) is 9.44. The molecule has 2 aliphatic carbocycles. The Balaban J connectivity index is 1.25. The van der Waals surface area contributed by atoms with Gasteiger partial charge in [-0.2, -0.15) is 0 Å². The van der Waals surface area contributed by atoms with E-state index in [2.05, 4.69) is 31.7 Å². The minimum absolute atomic E-state index is 0.0436. The molecule has 0 aromatic heterocycles. The summed E-state index contributed by atoms with van der Waals surface area (Å²) >= 11 is 0. The molecule has 32 heavy (non-hydrogen) atoms. The number of fused-ring (bicyclic) bond motifs is 1. The van der Waals surface area contributed by atoms with Crippen molar-refractivity contribution in [3.05, 3.63) is 59.9 Å². The van der Waals surface area contributed by atoms with Crippen LogP contribution in [0.3, 0.4) is 0 Å². The van der Waals surface area contributed by atoms with E-state index in [1.165, 1.54) is 76.2 Å². The predicted molar refractivity (Wildman–Crippen MR) is 137 cm³/mol. The molecule has 2 saturated carbocycles. The third-order valence-corrected chi connectivity index (χ3v) is 8.70. The highest BCUT2D eigenvalue weighted by Crippen LogP contribution is 2.43. The minimum Gasteiger partial charge on any atom is -0.206 e. The lowest BCUT2D eigenvalue weighted by Gasteiger charge is -2.38. The van der Waals surface area contributed by atoms with Crippen molar-refractivity contribution in [2.75, 3.05) is 0 Å². The highest BCUT2D eigenvalue weighted by Gasteiger charge is 2.30. The van der Waals surface area contributed by atoms with Crippen molar-refractivity contribution in [3.63, 3.8) is 0 Å². The van der Waals surface area contributed by atoms with Gasteiger partial charge in [-0.1, -0.05) is 81.9 Å². The Labute approximate surface area is 195 Å². The molecule has 0 bridgehead atoms. The summed E-state index contributed by atoms with van der Waals surface area (Å²) < 4.78 is 14.8. The second-order valence-corrected chi connectivity index (χ2v) is 10.8. The van der Waals surface area contributed by atoms with Gasteiger partial charge in [-0.05, 0) is 91.6 Å². The number of hydrogen-bond acceptors (Lipinski definition) is 0. The maximum atomic E-state index is 14.8. The van der Waals surface area contributed by atoms with Crippen LogP contribution in [0.5, 0.6) is 0 Å². The molecule has 0 heterocycles. The summed E-state index contributed by atoms with van der Waals surface area (Å²) in [7, 11) is 0. The Morgan fingerprint density at radius 1 is 0.844 bits per heavy atom. The molecule has 0 radical (unpaired) electrons. The van der Waals surface area contributed by atoms with Crippen LogP contribution in [-0.2, 0) is 12.8 Å². The fourth-order valence-electron chi connectivity index (χ4n) is 6.67. The van der Waals surface area contributed by atoms with Gasteiger partial charge >= 0.3 is 0 Å². The van der Waals surface area contributed by atoms with Gasteiger partial charge in [0.25, 0.3) is 0 Å². The fourth-order valence-corrected chi connectivity index (χ4v) is 6.67. The van der Waals surface area contributed by atoms with Crippen LogP contribution in [0.25, 0.3) is 10.8 Å². The molecular weight excluding hydrogens is 391 g/mol. The average molecular weight is 435 g/mol. The molecule has 0 atom stereocenters. The Morgan fingerprint density at radius 3 is 2.12 bits per heavy atom. The van der Waals surface area contributed by atoms with Crippen LogP contribution in [-0.4, -0.2) is 0 Å². The lowest BCUT2D eigenvalue weighted by molar-refractivity contribution is 0.141. The van der Waals surface area contributed by atoms with Crippen LogP contribution in [0, 0.1) is 29.5 Å². The molecule has 0 N–H and O–H groups in total. The second kappa shape index (κ2) is 11.5. The van der Waals surface area contributed by atoms with Gasteiger partial charge in [-0.3, -0.25) is 0 Å². The van der Waals surface area contributed by atoms with Gasteiger partial charge in [0, 0.05) is 5.39 Å². The number of aryl methyl sites for hydroxylation is 2. The molecule has 2 fully saturated rings. The molecule has 0 saturated heterocycles. The van der Waals surface area contributed by atoms with Gasteiger partial charge < -0.3 is 0 Å². The normalized spacial score (nSPS) is 26.3. The number of benzene rings is 2. The highest BCUT2D eigenvalue weighted by atomic mass is 19.1. The average Bonchev–Trinajstić information content (AvgIpc) is 2.83. The molecule has 4 rings (SSSR count). The van der Waals surface area contributed by atoms with Crippen LogP contribution < -0.4 is 0 Å². The van der Waals surface area contributed by atoms with Crippen LogP contribution in [0.4, 0.5) is 4.39 Å². The molecule has 2 aliphatic rings. The van der Waals surface area contributed by atoms with E-state index in [1.54, 1.807) is 0 Å². The van der Waals surface area contributed by atoms with Gasteiger partial charge in [0.05, 0.1) is 0 Å². The van der Waals surface area contributed by atoms with Crippen LogP contribution in [0.1, 0.15) is 95.1 Å².